The molecule has 0 amide bonds. The lowest BCUT2D eigenvalue weighted by atomic mass is 10.5. The number of nitrogens with zero attached hydrogens (tertiary/aromatic N) is 3. The molecule has 5 nitrogen and oxygen atoms in total. The Morgan fingerprint density at radius 1 is 1.71 bits per heavy atom. The van der Waals surface area contributed by atoms with Gasteiger partial charge in [0.25, 0.3) is 0 Å². The molecular weight excluding hydrogens is 202 g/mol. The standard InChI is InChI=1S/C8H5N3O2S/c1-13-7(12)6-4-11-3-5(2-9)14-8(11)10-6/h3-4H,1H3. The highest BCUT2D eigenvalue weighted by molar-refractivity contribution is 7.17. The molecule has 70 valence electrons. The molecule has 0 aliphatic heterocycles. The minimum atomic E-state index is -0.473. The van der Waals surface area contributed by atoms with E-state index in [9.17, 15) is 4.79 Å². The minimum absolute atomic E-state index is 0.253. The summed E-state index contributed by atoms with van der Waals surface area (Å²) in [5, 5.41) is 8.61. The predicted octanol–water partition coefficient (Wildman–Crippen LogP) is 1.05. The molecule has 0 bridgehead atoms. The van der Waals surface area contributed by atoms with Crippen LogP contribution in [-0.4, -0.2) is 22.5 Å². The van der Waals surface area contributed by atoms with E-state index in [0.29, 0.717) is 9.84 Å². The van der Waals surface area contributed by atoms with Crippen LogP contribution in [0.2, 0.25) is 0 Å². The van der Waals surface area contributed by atoms with Gasteiger partial charge in [-0.05, 0) is 0 Å². The highest BCUT2D eigenvalue weighted by Gasteiger charge is 2.12. The molecule has 0 spiro atoms. The Labute approximate surface area is 83.2 Å². The number of hydrogen-bond donors (Lipinski definition) is 0. The van der Waals surface area contributed by atoms with E-state index >= 15 is 0 Å². The number of rotatable bonds is 1. The number of carbonyl (C=O) groups excluding carboxylic acids is 1. The first kappa shape index (κ1) is 8.72. The summed E-state index contributed by atoms with van der Waals surface area (Å²) in [4.78, 5) is 16.3. The van der Waals surface area contributed by atoms with Crippen molar-refractivity contribution in [2.24, 2.45) is 0 Å². The van der Waals surface area contributed by atoms with E-state index in [2.05, 4.69) is 9.72 Å². The van der Waals surface area contributed by atoms with E-state index in [1.807, 2.05) is 6.07 Å². The first-order valence-corrected chi connectivity index (χ1v) is 4.53. The largest absolute Gasteiger partial charge is 0.464 e. The van der Waals surface area contributed by atoms with Crippen LogP contribution in [0.3, 0.4) is 0 Å². The Hall–Kier alpha value is -1.87. The second-order valence-electron chi connectivity index (χ2n) is 2.51. The number of thiazole rings is 1. The summed E-state index contributed by atoms with van der Waals surface area (Å²) in [7, 11) is 1.30. The monoisotopic (exact) mass is 207 g/mol. The fourth-order valence-corrected chi connectivity index (χ4v) is 1.81. The van der Waals surface area contributed by atoms with Crippen LogP contribution in [0.5, 0.6) is 0 Å². The Morgan fingerprint density at radius 2 is 2.50 bits per heavy atom. The third-order valence-electron chi connectivity index (χ3n) is 1.66. The van der Waals surface area contributed by atoms with E-state index in [0.717, 1.165) is 0 Å². The number of imidazole rings is 1. The molecule has 0 radical (unpaired) electrons. The van der Waals surface area contributed by atoms with Crippen LogP contribution >= 0.6 is 11.3 Å². The van der Waals surface area contributed by atoms with E-state index in [1.165, 1.54) is 18.4 Å². The zero-order valence-electron chi connectivity index (χ0n) is 7.22. The van der Waals surface area contributed by atoms with Crippen molar-refractivity contribution in [3.63, 3.8) is 0 Å². The van der Waals surface area contributed by atoms with Gasteiger partial charge in [-0.25, -0.2) is 9.78 Å². The summed E-state index contributed by atoms with van der Waals surface area (Å²) in [6, 6.07) is 2.01. The van der Waals surface area contributed by atoms with Gasteiger partial charge >= 0.3 is 5.97 Å². The molecule has 0 fully saturated rings. The number of ether oxygens (including phenoxy) is 1. The summed E-state index contributed by atoms with van der Waals surface area (Å²) in [6.07, 6.45) is 3.16. The average Bonchev–Trinajstić information content (AvgIpc) is 2.72. The topological polar surface area (TPSA) is 67.4 Å². The van der Waals surface area contributed by atoms with Gasteiger partial charge < -0.3 is 4.74 Å². The number of esters is 1. The van der Waals surface area contributed by atoms with Crippen LogP contribution in [0.25, 0.3) is 4.96 Å². The Kier molecular flexibility index (Phi) is 1.94. The zero-order valence-corrected chi connectivity index (χ0v) is 8.04. The fraction of sp³-hybridized carbons (Fsp3) is 0.125. The molecule has 6 heteroatoms. The number of aromatic nitrogens is 2. The molecule has 2 aromatic rings. The van der Waals surface area contributed by atoms with Crippen LogP contribution < -0.4 is 0 Å². The van der Waals surface area contributed by atoms with Gasteiger partial charge in [0, 0.05) is 12.4 Å². The number of hydrogen-bond acceptors (Lipinski definition) is 5. The molecule has 0 aromatic carbocycles. The lowest BCUT2D eigenvalue weighted by Crippen LogP contribution is -2.00. The van der Waals surface area contributed by atoms with Crippen LogP contribution in [0.1, 0.15) is 15.4 Å². The smallest absolute Gasteiger partial charge is 0.358 e. The van der Waals surface area contributed by atoms with Crippen molar-refractivity contribution in [3.05, 3.63) is 23.0 Å². The molecule has 0 saturated carbocycles. The maximum absolute atomic E-state index is 11.1. The molecule has 0 unspecified atom stereocenters. The van der Waals surface area contributed by atoms with Gasteiger partial charge in [0.05, 0.1) is 7.11 Å². The molecule has 2 rings (SSSR count). The fourth-order valence-electron chi connectivity index (χ4n) is 1.05. The maximum Gasteiger partial charge on any atom is 0.358 e. The van der Waals surface area contributed by atoms with Gasteiger partial charge in [-0.2, -0.15) is 5.26 Å². The first-order valence-electron chi connectivity index (χ1n) is 3.71. The molecule has 0 saturated heterocycles. The molecular formula is C8H5N3O2S. The van der Waals surface area contributed by atoms with Gasteiger partial charge in [-0.15, -0.1) is 0 Å². The van der Waals surface area contributed by atoms with Crippen LogP contribution in [0.15, 0.2) is 12.4 Å². The van der Waals surface area contributed by atoms with Gasteiger partial charge in [0.1, 0.15) is 10.9 Å². The van der Waals surface area contributed by atoms with Crippen molar-refractivity contribution < 1.29 is 9.53 Å². The lowest BCUT2D eigenvalue weighted by Gasteiger charge is -1.89. The summed E-state index contributed by atoms with van der Waals surface area (Å²) in [6.45, 7) is 0. The van der Waals surface area contributed by atoms with E-state index in [4.69, 9.17) is 5.26 Å². The van der Waals surface area contributed by atoms with Crippen molar-refractivity contribution in [2.75, 3.05) is 7.11 Å². The molecule has 14 heavy (non-hydrogen) atoms. The highest BCUT2D eigenvalue weighted by atomic mass is 32.1. The van der Waals surface area contributed by atoms with Gasteiger partial charge in [-0.3, -0.25) is 4.40 Å². The minimum Gasteiger partial charge on any atom is -0.464 e. The van der Waals surface area contributed by atoms with Crippen molar-refractivity contribution in [1.82, 2.24) is 9.38 Å². The SMILES string of the molecule is COC(=O)c1cn2cc(C#N)sc2n1. The van der Waals surface area contributed by atoms with Crippen molar-refractivity contribution in [3.8, 4) is 6.07 Å². The molecule has 2 heterocycles. The van der Waals surface area contributed by atoms with E-state index in [1.54, 1.807) is 16.8 Å². The summed E-state index contributed by atoms with van der Waals surface area (Å²) in [5.74, 6) is -0.473. The predicted molar refractivity (Wildman–Crippen MR) is 49.1 cm³/mol. The van der Waals surface area contributed by atoms with E-state index < -0.39 is 5.97 Å². The Balaban J connectivity index is 2.50. The third-order valence-corrected chi connectivity index (χ3v) is 2.56. The van der Waals surface area contributed by atoms with Crippen molar-refractivity contribution >= 4 is 22.3 Å². The maximum atomic E-state index is 11.1. The number of nitriles is 1. The quantitative estimate of drug-likeness (QED) is 0.655. The number of fused-ring (bicyclic) bond motifs is 1. The van der Waals surface area contributed by atoms with E-state index in [-0.39, 0.29) is 5.69 Å². The first-order chi connectivity index (χ1) is 6.74. The summed E-state index contributed by atoms with van der Waals surface area (Å²) < 4.78 is 6.15. The molecule has 0 aliphatic carbocycles. The summed E-state index contributed by atoms with van der Waals surface area (Å²) in [5.41, 5.74) is 0.253. The number of methoxy groups -OCH3 is 1. The lowest BCUT2D eigenvalue weighted by molar-refractivity contribution is 0.0595. The van der Waals surface area contributed by atoms with Gasteiger partial charge in [0.15, 0.2) is 10.7 Å². The zero-order chi connectivity index (χ0) is 10.1. The third kappa shape index (κ3) is 1.24. The van der Waals surface area contributed by atoms with Crippen molar-refractivity contribution in [1.29, 1.82) is 5.26 Å². The van der Waals surface area contributed by atoms with Crippen LogP contribution in [0, 0.1) is 11.3 Å². The molecule has 0 aliphatic rings. The second kappa shape index (κ2) is 3.12. The molecule has 0 N–H and O–H groups in total. The van der Waals surface area contributed by atoms with Crippen molar-refractivity contribution in [2.45, 2.75) is 0 Å². The molecule has 2 aromatic heterocycles. The Morgan fingerprint density at radius 3 is 3.07 bits per heavy atom. The van der Waals surface area contributed by atoms with Crippen LogP contribution in [-0.2, 0) is 4.74 Å². The van der Waals surface area contributed by atoms with Crippen LogP contribution in [0.4, 0.5) is 0 Å². The number of carbonyl (C=O) groups is 1. The Bertz CT molecular complexity index is 503. The summed E-state index contributed by atoms with van der Waals surface area (Å²) >= 11 is 1.23. The molecule has 0 atom stereocenters. The van der Waals surface area contributed by atoms with Gasteiger partial charge in [0.2, 0.25) is 0 Å². The van der Waals surface area contributed by atoms with Gasteiger partial charge in [-0.1, -0.05) is 11.3 Å². The highest BCUT2D eigenvalue weighted by Crippen LogP contribution is 2.16. The second-order valence-corrected chi connectivity index (χ2v) is 3.52. The average molecular weight is 207 g/mol. The normalized spacial score (nSPS) is 10.0.